The number of halogens is 5. The van der Waals surface area contributed by atoms with Crippen LogP contribution >= 0.6 is 11.6 Å². The van der Waals surface area contributed by atoms with Gasteiger partial charge in [-0.2, -0.15) is 17.6 Å². The second-order valence-electron chi connectivity index (χ2n) is 4.94. The highest BCUT2D eigenvalue weighted by atomic mass is 35.5. The van der Waals surface area contributed by atoms with Crippen molar-refractivity contribution in [3.05, 3.63) is 57.9 Å². The van der Waals surface area contributed by atoms with Gasteiger partial charge in [0, 0.05) is 5.56 Å². The summed E-state index contributed by atoms with van der Waals surface area (Å²) in [6.45, 7) is 0. The van der Waals surface area contributed by atoms with E-state index in [9.17, 15) is 22.4 Å². The molecule has 2 aromatic carbocycles. The van der Waals surface area contributed by atoms with Gasteiger partial charge in [0.1, 0.15) is 11.1 Å². The predicted molar refractivity (Wildman–Crippen MR) is 82.3 cm³/mol. The van der Waals surface area contributed by atoms with Gasteiger partial charge in [0.2, 0.25) is 5.89 Å². The van der Waals surface area contributed by atoms with Crippen LogP contribution in [0.5, 0.6) is 5.75 Å². The van der Waals surface area contributed by atoms with Gasteiger partial charge in [0.15, 0.2) is 0 Å². The zero-order valence-corrected chi connectivity index (χ0v) is 12.9. The van der Waals surface area contributed by atoms with E-state index in [1.165, 1.54) is 24.3 Å². The molecular formula is C16H8ClF4NO3. The molecular weight excluding hydrogens is 366 g/mol. The van der Waals surface area contributed by atoms with E-state index < -0.39 is 23.9 Å². The van der Waals surface area contributed by atoms with Crippen molar-refractivity contribution >= 4 is 22.5 Å². The van der Waals surface area contributed by atoms with E-state index in [1.807, 2.05) is 0 Å². The van der Waals surface area contributed by atoms with Gasteiger partial charge in [0.25, 0.3) is 0 Å². The molecule has 1 atom stereocenters. The fourth-order valence-electron chi connectivity index (χ4n) is 2.09. The van der Waals surface area contributed by atoms with Crippen LogP contribution in [-0.4, -0.2) is 17.5 Å². The summed E-state index contributed by atoms with van der Waals surface area (Å²) in [5, 5.41) is 0.244. The highest BCUT2D eigenvalue weighted by Gasteiger charge is 2.42. The number of alkyl halides is 4. The lowest BCUT2D eigenvalue weighted by Gasteiger charge is -2.14. The first-order chi connectivity index (χ1) is 11.8. The summed E-state index contributed by atoms with van der Waals surface area (Å²) in [6.07, 6.45) is -8.63. The molecule has 0 radical (unpaired) electrons. The molecule has 0 saturated carbocycles. The van der Waals surface area contributed by atoms with Crippen LogP contribution in [0.15, 0.2) is 51.7 Å². The Morgan fingerprint density at radius 2 is 1.88 bits per heavy atom. The van der Waals surface area contributed by atoms with Gasteiger partial charge in [-0.3, -0.25) is 0 Å². The third-order valence-electron chi connectivity index (χ3n) is 3.18. The Labute approximate surface area is 142 Å². The molecule has 0 N–H and O–H groups in total. The van der Waals surface area contributed by atoms with Crippen LogP contribution in [-0.2, 0) is 0 Å². The van der Waals surface area contributed by atoms with Crippen molar-refractivity contribution in [3.8, 4) is 17.2 Å². The van der Waals surface area contributed by atoms with E-state index >= 15 is 0 Å². The van der Waals surface area contributed by atoms with Crippen molar-refractivity contribution in [3.63, 3.8) is 0 Å². The Kier molecular flexibility index (Phi) is 4.38. The molecule has 1 aromatic heterocycles. The van der Waals surface area contributed by atoms with Gasteiger partial charge < -0.3 is 9.15 Å². The molecule has 0 aliphatic rings. The number of hydrogen-bond acceptors (Lipinski definition) is 4. The maximum atomic E-state index is 13.0. The molecule has 0 aliphatic heterocycles. The highest BCUT2D eigenvalue weighted by Crippen LogP contribution is 2.29. The third kappa shape index (κ3) is 3.58. The van der Waals surface area contributed by atoms with E-state index in [-0.39, 0.29) is 27.4 Å². The molecule has 0 amide bonds. The van der Waals surface area contributed by atoms with Crippen LogP contribution in [0.1, 0.15) is 0 Å². The third-order valence-corrected chi connectivity index (χ3v) is 3.50. The van der Waals surface area contributed by atoms with Crippen molar-refractivity contribution in [2.24, 2.45) is 0 Å². The van der Waals surface area contributed by atoms with Gasteiger partial charge in [-0.25, -0.2) is 9.78 Å². The quantitative estimate of drug-likeness (QED) is 0.622. The van der Waals surface area contributed by atoms with E-state index in [4.69, 9.17) is 16.0 Å². The Morgan fingerprint density at radius 3 is 2.60 bits per heavy atom. The minimum absolute atomic E-state index is 0.0845. The fraction of sp³-hybridized carbons (Fsp3) is 0.125. The molecule has 9 heteroatoms. The maximum absolute atomic E-state index is 13.0. The van der Waals surface area contributed by atoms with Gasteiger partial charge in [-0.1, -0.05) is 23.7 Å². The van der Waals surface area contributed by atoms with Crippen molar-refractivity contribution in [2.75, 3.05) is 0 Å². The highest BCUT2D eigenvalue weighted by molar-refractivity contribution is 6.35. The predicted octanol–water partition coefficient (Wildman–Crippen LogP) is 4.75. The van der Waals surface area contributed by atoms with Gasteiger partial charge in [-0.15, -0.1) is 0 Å². The lowest BCUT2D eigenvalue weighted by molar-refractivity contribution is -0.236. The second kappa shape index (κ2) is 6.36. The van der Waals surface area contributed by atoms with Crippen LogP contribution in [0.4, 0.5) is 17.6 Å². The molecule has 130 valence electrons. The van der Waals surface area contributed by atoms with Crippen LogP contribution in [0.25, 0.3) is 22.4 Å². The minimum atomic E-state index is -5.15. The van der Waals surface area contributed by atoms with E-state index in [2.05, 4.69) is 9.72 Å². The monoisotopic (exact) mass is 373 g/mol. The normalized spacial score (nSPS) is 13.0. The zero-order valence-electron chi connectivity index (χ0n) is 12.2. The number of benzene rings is 2. The van der Waals surface area contributed by atoms with Crippen LogP contribution in [0, 0.1) is 0 Å². The first-order valence-electron chi connectivity index (χ1n) is 6.83. The Bertz CT molecular complexity index is 987. The van der Waals surface area contributed by atoms with Gasteiger partial charge in [0.05, 0.1) is 10.5 Å². The maximum Gasteiger partial charge on any atom is 0.457 e. The number of rotatable bonds is 3. The molecule has 0 saturated heterocycles. The zero-order chi connectivity index (χ0) is 18.2. The number of aromatic nitrogens is 1. The largest absolute Gasteiger partial charge is 0.457 e. The summed E-state index contributed by atoms with van der Waals surface area (Å²) < 4.78 is 59.0. The molecule has 0 bridgehead atoms. The summed E-state index contributed by atoms with van der Waals surface area (Å²) in [5.74, 6) is -0.550. The molecule has 3 rings (SSSR count). The van der Waals surface area contributed by atoms with E-state index in [0.717, 1.165) is 12.1 Å². The molecule has 0 aliphatic carbocycles. The molecule has 0 fully saturated rings. The Hall–Kier alpha value is -2.61. The summed E-state index contributed by atoms with van der Waals surface area (Å²) in [4.78, 5) is 16.2. The lowest BCUT2D eigenvalue weighted by Crippen LogP contribution is -2.29. The van der Waals surface area contributed by atoms with Gasteiger partial charge in [-0.05, 0) is 30.3 Å². The smallest absolute Gasteiger partial charge is 0.452 e. The number of hydrogen-bond donors (Lipinski definition) is 0. The standard InChI is InChI=1S/C16H8ClF4NO3/c17-10-5-2-6-11-12(10)14(23)25-13(22-11)8-3-1-4-9(7-8)24-15(18)16(19,20)21/h1-7,15H. The Balaban J connectivity index is 2.02. The average molecular weight is 374 g/mol. The summed E-state index contributed by atoms with van der Waals surface area (Å²) in [6, 6.07) is 9.57. The number of fused-ring (bicyclic) bond motifs is 1. The van der Waals surface area contributed by atoms with Crippen molar-refractivity contribution in [2.45, 2.75) is 12.5 Å². The van der Waals surface area contributed by atoms with Crippen molar-refractivity contribution in [1.82, 2.24) is 4.98 Å². The fourth-order valence-corrected chi connectivity index (χ4v) is 2.34. The van der Waals surface area contributed by atoms with Crippen molar-refractivity contribution in [1.29, 1.82) is 0 Å². The molecule has 0 spiro atoms. The molecule has 4 nitrogen and oxygen atoms in total. The van der Waals surface area contributed by atoms with E-state index in [1.54, 1.807) is 6.07 Å². The molecule has 1 unspecified atom stereocenters. The molecule has 1 heterocycles. The summed E-state index contributed by atoms with van der Waals surface area (Å²) in [5.41, 5.74) is -0.356. The van der Waals surface area contributed by atoms with E-state index in [0.29, 0.717) is 0 Å². The second-order valence-corrected chi connectivity index (χ2v) is 5.35. The summed E-state index contributed by atoms with van der Waals surface area (Å²) >= 11 is 5.92. The molecule has 25 heavy (non-hydrogen) atoms. The average Bonchev–Trinajstić information content (AvgIpc) is 2.54. The SMILES string of the molecule is O=c1oc(-c2cccc(OC(F)C(F)(F)F)c2)nc2cccc(Cl)c12. The number of nitrogens with zero attached hydrogens (tertiary/aromatic N) is 1. The minimum Gasteiger partial charge on any atom is -0.452 e. The topological polar surface area (TPSA) is 52.3 Å². The summed E-state index contributed by atoms with van der Waals surface area (Å²) in [7, 11) is 0. The van der Waals surface area contributed by atoms with Crippen LogP contribution < -0.4 is 10.4 Å². The van der Waals surface area contributed by atoms with Crippen LogP contribution in [0.3, 0.4) is 0 Å². The van der Waals surface area contributed by atoms with Gasteiger partial charge >= 0.3 is 18.2 Å². The first-order valence-corrected chi connectivity index (χ1v) is 7.21. The van der Waals surface area contributed by atoms with Crippen molar-refractivity contribution < 1.29 is 26.7 Å². The number of ether oxygens (including phenoxy) is 1. The van der Waals surface area contributed by atoms with Crippen LogP contribution in [0.2, 0.25) is 5.02 Å². The Morgan fingerprint density at radius 1 is 1.16 bits per heavy atom. The molecule has 3 aromatic rings. The lowest BCUT2D eigenvalue weighted by atomic mass is 10.2. The first kappa shape index (κ1) is 17.2.